The van der Waals surface area contributed by atoms with Gasteiger partial charge in [-0.1, -0.05) is 129 Å². The topological polar surface area (TPSA) is 41.7 Å². The first-order valence-corrected chi connectivity index (χ1v) is 20.9. The van der Waals surface area contributed by atoms with E-state index < -0.39 is 9.04 Å². The fourth-order valence-corrected chi connectivity index (χ4v) is 11.8. The van der Waals surface area contributed by atoms with Gasteiger partial charge in [-0.15, -0.1) is 0 Å². The van der Waals surface area contributed by atoms with Crippen molar-refractivity contribution in [2.24, 2.45) is 16.7 Å². The van der Waals surface area contributed by atoms with E-state index in [4.69, 9.17) is 8.95 Å². The Labute approximate surface area is 307 Å². The van der Waals surface area contributed by atoms with Crippen LogP contribution in [0.15, 0.2) is 108 Å². The van der Waals surface area contributed by atoms with E-state index in [0.29, 0.717) is 0 Å². The van der Waals surface area contributed by atoms with Crippen molar-refractivity contribution < 1.29 is 8.95 Å². The van der Waals surface area contributed by atoms with Crippen LogP contribution in [0.2, 0.25) is 0 Å². The molecule has 2 heterocycles. The molecule has 2 fully saturated rings. The maximum atomic E-state index is 7.53. The minimum absolute atomic E-state index is 0.0577. The summed E-state index contributed by atoms with van der Waals surface area (Å²) >= 11 is 0. The first kappa shape index (κ1) is 35.8. The number of aromatic nitrogens is 1. The average Bonchev–Trinajstić information content (AvgIpc) is 3.54. The van der Waals surface area contributed by atoms with Gasteiger partial charge in [0.1, 0.15) is 0 Å². The lowest BCUT2D eigenvalue weighted by Gasteiger charge is -2.55. The lowest BCUT2D eigenvalue weighted by atomic mass is 9.59. The molecule has 6 heteroatoms. The van der Waals surface area contributed by atoms with Gasteiger partial charge in [-0.3, -0.25) is 0 Å². The molecule has 1 aromatic heterocycles. The maximum absolute atomic E-state index is 7.53. The van der Waals surface area contributed by atoms with Gasteiger partial charge in [0.2, 0.25) is 9.04 Å². The molecule has 1 unspecified atom stereocenters. The summed E-state index contributed by atoms with van der Waals surface area (Å²) in [5, 5.41) is 8.58. The molecule has 2 aliphatic rings. The van der Waals surface area contributed by atoms with Crippen molar-refractivity contribution >= 4 is 30.4 Å². The van der Waals surface area contributed by atoms with Crippen LogP contribution in [-0.2, 0) is 17.4 Å². The minimum atomic E-state index is -1.87. The van der Waals surface area contributed by atoms with Gasteiger partial charge in [0.15, 0.2) is 5.58 Å². The monoisotopic (exact) mass is 699 g/mol. The zero-order chi connectivity index (χ0) is 35.4. The summed E-state index contributed by atoms with van der Waals surface area (Å²) in [4.78, 5) is 5.00. The van der Waals surface area contributed by atoms with Crippen LogP contribution in [0.4, 0.5) is 0 Å². The minimum Gasteiger partial charge on any atom is -0.407 e. The van der Waals surface area contributed by atoms with E-state index in [1.165, 1.54) is 84.1 Å². The molecular weight excluding hydrogens is 643 g/mol. The quantitative estimate of drug-likeness (QED) is 0.116. The summed E-state index contributed by atoms with van der Waals surface area (Å²) in [6.07, 6.45) is 8.70. The molecule has 268 valence electrons. The second kappa shape index (κ2) is 15.6. The molecule has 1 saturated carbocycles. The lowest BCUT2D eigenvalue weighted by molar-refractivity contribution is -0.0966. The Balaban J connectivity index is 1.01. The van der Waals surface area contributed by atoms with Crippen LogP contribution in [0.1, 0.15) is 70.6 Å². The van der Waals surface area contributed by atoms with Crippen LogP contribution in [-0.4, -0.2) is 63.8 Å². The number of fused-ring (bicyclic) bond motifs is 1. The smallest absolute Gasteiger partial charge is 0.240 e. The first-order valence-electron chi connectivity index (χ1n) is 19.3. The van der Waals surface area contributed by atoms with Gasteiger partial charge in [0.25, 0.3) is 0 Å². The van der Waals surface area contributed by atoms with Gasteiger partial charge in [-0.2, -0.15) is 0 Å². The Hall–Kier alpha value is -3.55. The highest BCUT2D eigenvalue weighted by molar-refractivity contribution is 6.80. The Bertz CT molecular complexity index is 1800. The number of hydrogen-bond acceptors (Lipinski definition) is 5. The Morgan fingerprint density at radius 2 is 1.47 bits per heavy atom. The third kappa shape index (κ3) is 8.10. The predicted molar refractivity (Wildman–Crippen MR) is 214 cm³/mol. The molecule has 51 heavy (non-hydrogen) atoms. The van der Waals surface area contributed by atoms with E-state index in [0.717, 1.165) is 36.7 Å². The number of nitrogens with zero attached hydrogens (tertiary/aromatic N) is 3. The van der Waals surface area contributed by atoms with Crippen LogP contribution in [0.3, 0.4) is 0 Å². The Morgan fingerprint density at radius 3 is 2.02 bits per heavy atom. The van der Waals surface area contributed by atoms with Crippen molar-refractivity contribution in [3.05, 3.63) is 114 Å². The summed E-state index contributed by atoms with van der Waals surface area (Å²) in [6.45, 7) is 11.5. The van der Waals surface area contributed by atoms with E-state index in [1.54, 1.807) is 0 Å². The van der Waals surface area contributed by atoms with Crippen molar-refractivity contribution in [2.45, 2.75) is 78.4 Å². The molecule has 0 bridgehead atoms. The average molecular weight is 700 g/mol. The van der Waals surface area contributed by atoms with Crippen LogP contribution in [0.5, 0.6) is 0 Å². The van der Waals surface area contributed by atoms with Crippen LogP contribution >= 0.6 is 0 Å². The number of benzene rings is 4. The number of hydrogen-bond donors (Lipinski definition) is 0. The highest BCUT2D eigenvalue weighted by Crippen LogP contribution is 2.51. The zero-order valence-electron chi connectivity index (χ0n) is 31.5. The highest BCUT2D eigenvalue weighted by Gasteiger charge is 2.51. The summed E-state index contributed by atoms with van der Waals surface area (Å²) in [5.74, 6) is 0.720. The zero-order valence-corrected chi connectivity index (χ0v) is 32.6. The van der Waals surface area contributed by atoms with E-state index in [1.807, 2.05) is 0 Å². The molecular formula is C45H57N3O2Si. The fraction of sp³-hybridized carbons (Fsp3) is 0.444. The van der Waals surface area contributed by atoms with E-state index in [-0.39, 0.29) is 16.9 Å². The third-order valence-corrected chi connectivity index (χ3v) is 14.1. The number of likely N-dealkylation sites (tertiary alicyclic amines) is 1. The normalized spacial score (nSPS) is 17.6. The van der Waals surface area contributed by atoms with Crippen LogP contribution < -0.4 is 10.4 Å². The SMILES string of the molecule is CN(C)Cc1c(-c2ccccc2)ccc2c(CCC3CCN(CC4(C(O[SiH](c5ccccc5)c5ccccc5)C(C)(C)C)CCC4)CC3)noc12. The summed E-state index contributed by atoms with van der Waals surface area (Å²) in [7, 11) is 2.37. The maximum Gasteiger partial charge on any atom is 0.240 e. The fourth-order valence-electron chi connectivity index (χ4n) is 9.01. The van der Waals surface area contributed by atoms with Crippen molar-refractivity contribution in [1.29, 1.82) is 0 Å². The molecule has 0 amide bonds. The number of rotatable bonds is 13. The van der Waals surface area contributed by atoms with Crippen molar-refractivity contribution in [3.8, 4) is 11.1 Å². The molecule has 0 spiro atoms. The van der Waals surface area contributed by atoms with E-state index >= 15 is 0 Å². The molecule has 0 N–H and O–H groups in total. The van der Waals surface area contributed by atoms with Gasteiger partial charge in [0.05, 0.1) is 11.8 Å². The first-order chi connectivity index (χ1) is 24.7. The van der Waals surface area contributed by atoms with Crippen molar-refractivity contribution in [2.75, 3.05) is 33.7 Å². The predicted octanol–water partition coefficient (Wildman–Crippen LogP) is 8.34. The van der Waals surface area contributed by atoms with Gasteiger partial charge in [-0.25, -0.2) is 0 Å². The number of aryl methyl sites for hydroxylation is 1. The summed E-state index contributed by atoms with van der Waals surface area (Å²) in [6, 6.07) is 37.2. The molecule has 1 aliphatic heterocycles. The molecule has 5 nitrogen and oxygen atoms in total. The second-order valence-electron chi connectivity index (χ2n) is 16.8. The number of piperidine rings is 1. The molecule has 1 atom stereocenters. The Kier molecular flexibility index (Phi) is 11.0. The highest BCUT2D eigenvalue weighted by atomic mass is 28.3. The Morgan fingerprint density at radius 1 is 0.863 bits per heavy atom. The lowest BCUT2D eigenvalue weighted by Crippen LogP contribution is -2.60. The van der Waals surface area contributed by atoms with Gasteiger partial charge >= 0.3 is 0 Å². The molecule has 0 radical (unpaired) electrons. The molecule has 4 aromatic carbocycles. The van der Waals surface area contributed by atoms with Crippen molar-refractivity contribution in [3.63, 3.8) is 0 Å². The largest absolute Gasteiger partial charge is 0.407 e. The molecule has 1 aliphatic carbocycles. The van der Waals surface area contributed by atoms with Gasteiger partial charge in [-0.05, 0) is 105 Å². The summed E-state index contributed by atoms with van der Waals surface area (Å²) < 4.78 is 13.6. The molecule has 7 rings (SSSR count). The van der Waals surface area contributed by atoms with Crippen LogP contribution in [0, 0.1) is 16.7 Å². The molecule has 5 aromatic rings. The van der Waals surface area contributed by atoms with Gasteiger partial charge < -0.3 is 18.7 Å². The van der Waals surface area contributed by atoms with Crippen LogP contribution in [0.25, 0.3) is 22.1 Å². The summed E-state index contributed by atoms with van der Waals surface area (Å²) in [5.41, 5.74) is 6.00. The standard InChI is InChI=1S/C45H57N3O2Si/c1-44(2,3)43(50-51(36-18-11-7-12-19-36)37-20-13-8-14-21-37)45(28-15-29-45)33-48-30-26-34(27-31-48)22-25-41-39-24-23-38(35-16-9-6-10-17-35)40(32-47(4)5)42(39)49-46-41/h6-14,16-21,23-24,34,43,51H,15,22,25-33H2,1-5H3. The third-order valence-electron chi connectivity index (χ3n) is 11.6. The van der Waals surface area contributed by atoms with Crippen molar-refractivity contribution in [1.82, 2.24) is 15.0 Å². The molecule has 1 saturated heterocycles. The second-order valence-corrected chi connectivity index (χ2v) is 19.1. The van der Waals surface area contributed by atoms with E-state index in [9.17, 15) is 0 Å². The van der Waals surface area contributed by atoms with Gasteiger partial charge in [0, 0.05) is 29.5 Å². The van der Waals surface area contributed by atoms with E-state index in [2.05, 4.69) is 153 Å².